The van der Waals surface area contributed by atoms with Gasteiger partial charge in [-0.1, -0.05) is 24.3 Å². The van der Waals surface area contributed by atoms with Crippen molar-refractivity contribution in [3.63, 3.8) is 0 Å². The summed E-state index contributed by atoms with van der Waals surface area (Å²) in [7, 11) is 0. The van der Waals surface area contributed by atoms with Gasteiger partial charge in [0.15, 0.2) is 11.5 Å². The third kappa shape index (κ3) is 4.02. The van der Waals surface area contributed by atoms with Crippen LogP contribution in [0.1, 0.15) is 43.9 Å². The second-order valence-electron chi connectivity index (χ2n) is 7.70. The molecule has 0 aliphatic carbocycles. The number of nitrogens with one attached hydrogen (secondary N) is 1. The molecule has 142 valence electrons. The molecule has 2 aromatic carbocycles. The number of amides is 1. The molecule has 0 spiro atoms. The number of ether oxygens (including phenoxy) is 3. The number of para-hydroxylation sites is 1. The topological polar surface area (TPSA) is 56.8 Å². The molecule has 2 aromatic rings. The Balaban J connectivity index is 1.40. The first-order valence-corrected chi connectivity index (χ1v) is 9.46. The van der Waals surface area contributed by atoms with Gasteiger partial charge in [-0.25, -0.2) is 0 Å². The van der Waals surface area contributed by atoms with E-state index in [0.29, 0.717) is 26.1 Å². The molecule has 2 heterocycles. The molecule has 0 fully saturated rings. The number of carbonyl (C=O) groups is 1. The molecule has 0 unspecified atom stereocenters. The zero-order chi connectivity index (χ0) is 18.9. The molecule has 27 heavy (non-hydrogen) atoms. The molecule has 5 nitrogen and oxygen atoms in total. The number of hydrogen-bond donors (Lipinski definition) is 1. The summed E-state index contributed by atoms with van der Waals surface area (Å²) in [6, 6.07) is 13.8. The zero-order valence-corrected chi connectivity index (χ0v) is 15.8. The van der Waals surface area contributed by atoms with E-state index in [1.165, 1.54) is 0 Å². The molecule has 1 N–H and O–H groups in total. The summed E-state index contributed by atoms with van der Waals surface area (Å²) in [5.74, 6) is 2.43. The molecule has 0 saturated heterocycles. The lowest BCUT2D eigenvalue weighted by Crippen LogP contribution is -2.41. The van der Waals surface area contributed by atoms with Gasteiger partial charge in [0, 0.05) is 18.4 Å². The van der Waals surface area contributed by atoms with Crippen molar-refractivity contribution >= 4 is 5.91 Å². The third-order valence-electron chi connectivity index (χ3n) is 4.96. The summed E-state index contributed by atoms with van der Waals surface area (Å²) in [6.45, 7) is 5.25. The molecule has 0 saturated carbocycles. The van der Waals surface area contributed by atoms with E-state index in [4.69, 9.17) is 14.2 Å². The van der Waals surface area contributed by atoms with Crippen LogP contribution in [-0.2, 0) is 11.2 Å². The Labute approximate surface area is 159 Å². The van der Waals surface area contributed by atoms with Gasteiger partial charge in [0.05, 0.1) is 6.04 Å². The number of benzene rings is 2. The highest BCUT2D eigenvalue weighted by molar-refractivity contribution is 5.77. The van der Waals surface area contributed by atoms with Gasteiger partial charge >= 0.3 is 0 Å². The fourth-order valence-corrected chi connectivity index (χ4v) is 3.70. The van der Waals surface area contributed by atoms with Crippen LogP contribution in [0.25, 0.3) is 0 Å². The Morgan fingerprint density at radius 1 is 1.07 bits per heavy atom. The normalized spacial score (nSPS) is 19.6. The summed E-state index contributed by atoms with van der Waals surface area (Å²) in [6.07, 6.45) is 1.84. The first-order valence-electron chi connectivity index (χ1n) is 9.46. The quantitative estimate of drug-likeness (QED) is 0.893. The second kappa shape index (κ2) is 7.14. The van der Waals surface area contributed by atoms with E-state index in [0.717, 1.165) is 34.8 Å². The predicted molar refractivity (Wildman–Crippen MR) is 102 cm³/mol. The first-order chi connectivity index (χ1) is 13.0. The average Bonchev–Trinajstić information content (AvgIpc) is 2.65. The number of carbonyl (C=O) groups excluding carboxylic acids is 1. The van der Waals surface area contributed by atoms with Gasteiger partial charge in [0.25, 0.3) is 0 Å². The molecular weight excluding hydrogens is 342 g/mol. The number of rotatable bonds is 4. The Morgan fingerprint density at radius 2 is 1.85 bits per heavy atom. The number of aryl methyl sites for hydroxylation is 1. The van der Waals surface area contributed by atoms with Crippen molar-refractivity contribution in [2.75, 3.05) is 13.2 Å². The summed E-state index contributed by atoms with van der Waals surface area (Å²) < 4.78 is 17.2. The lowest BCUT2D eigenvalue weighted by Gasteiger charge is -2.37. The lowest BCUT2D eigenvalue weighted by molar-refractivity contribution is -0.122. The van der Waals surface area contributed by atoms with Crippen LogP contribution < -0.4 is 19.5 Å². The van der Waals surface area contributed by atoms with E-state index in [1.807, 2.05) is 42.5 Å². The Bertz CT molecular complexity index is 846. The molecular formula is C22H25NO4. The van der Waals surface area contributed by atoms with Crippen LogP contribution in [0.4, 0.5) is 0 Å². The van der Waals surface area contributed by atoms with E-state index in [1.54, 1.807) is 0 Å². The van der Waals surface area contributed by atoms with Gasteiger partial charge in [-0.3, -0.25) is 4.79 Å². The molecule has 1 amide bonds. The van der Waals surface area contributed by atoms with Crippen LogP contribution in [0.5, 0.6) is 17.2 Å². The van der Waals surface area contributed by atoms with E-state index in [2.05, 4.69) is 19.2 Å². The minimum atomic E-state index is -0.303. The Morgan fingerprint density at radius 3 is 2.70 bits per heavy atom. The molecule has 2 aliphatic rings. The summed E-state index contributed by atoms with van der Waals surface area (Å²) in [5.41, 5.74) is 1.81. The highest BCUT2D eigenvalue weighted by Gasteiger charge is 2.34. The van der Waals surface area contributed by atoms with E-state index in [-0.39, 0.29) is 17.6 Å². The minimum absolute atomic E-state index is 0.0299. The largest absolute Gasteiger partial charge is 0.487 e. The second-order valence-corrected chi connectivity index (χ2v) is 7.70. The van der Waals surface area contributed by atoms with Crippen molar-refractivity contribution in [3.05, 3.63) is 53.6 Å². The van der Waals surface area contributed by atoms with E-state index >= 15 is 0 Å². The van der Waals surface area contributed by atoms with Gasteiger partial charge < -0.3 is 19.5 Å². The van der Waals surface area contributed by atoms with E-state index < -0.39 is 0 Å². The molecule has 2 aliphatic heterocycles. The summed E-state index contributed by atoms with van der Waals surface area (Å²) in [5, 5.41) is 3.19. The molecule has 4 rings (SSSR count). The van der Waals surface area contributed by atoms with Crippen molar-refractivity contribution in [2.45, 2.75) is 44.8 Å². The van der Waals surface area contributed by atoms with Crippen LogP contribution in [0.15, 0.2) is 42.5 Å². The smallest absolute Gasteiger partial charge is 0.220 e. The number of fused-ring (bicyclic) bond motifs is 2. The van der Waals surface area contributed by atoms with Gasteiger partial charge in [0.1, 0.15) is 24.6 Å². The first kappa shape index (κ1) is 17.7. The SMILES string of the molecule is CC1(C)C[C@@H](NC(=O)CCc2ccc3c(c2)OCCO3)c2ccccc2O1. The Kier molecular flexibility index (Phi) is 4.68. The van der Waals surface area contributed by atoms with Crippen LogP contribution in [-0.4, -0.2) is 24.7 Å². The van der Waals surface area contributed by atoms with Gasteiger partial charge in [0.2, 0.25) is 5.91 Å². The highest BCUT2D eigenvalue weighted by atomic mass is 16.6. The van der Waals surface area contributed by atoms with Crippen molar-refractivity contribution in [1.82, 2.24) is 5.32 Å². The van der Waals surface area contributed by atoms with Gasteiger partial charge in [-0.2, -0.15) is 0 Å². The third-order valence-corrected chi connectivity index (χ3v) is 4.96. The summed E-state index contributed by atoms with van der Waals surface area (Å²) in [4.78, 5) is 12.6. The maximum Gasteiger partial charge on any atom is 0.220 e. The molecule has 5 heteroatoms. The number of hydrogen-bond acceptors (Lipinski definition) is 4. The fraction of sp³-hybridized carbons (Fsp3) is 0.409. The maximum atomic E-state index is 12.6. The van der Waals surface area contributed by atoms with Crippen LogP contribution in [0.2, 0.25) is 0 Å². The van der Waals surface area contributed by atoms with Crippen molar-refractivity contribution in [3.8, 4) is 17.2 Å². The fourth-order valence-electron chi connectivity index (χ4n) is 3.70. The summed E-state index contributed by atoms with van der Waals surface area (Å²) >= 11 is 0. The highest BCUT2D eigenvalue weighted by Crippen LogP contribution is 2.39. The van der Waals surface area contributed by atoms with Crippen molar-refractivity contribution in [2.24, 2.45) is 0 Å². The molecule has 0 aromatic heterocycles. The maximum absolute atomic E-state index is 12.6. The van der Waals surface area contributed by atoms with Crippen LogP contribution in [0, 0.1) is 0 Å². The van der Waals surface area contributed by atoms with Gasteiger partial charge in [-0.05, 0) is 44.0 Å². The van der Waals surface area contributed by atoms with Gasteiger partial charge in [-0.15, -0.1) is 0 Å². The average molecular weight is 367 g/mol. The van der Waals surface area contributed by atoms with Crippen LogP contribution in [0.3, 0.4) is 0 Å². The lowest BCUT2D eigenvalue weighted by atomic mass is 9.89. The predicted octanol–water partition coefficient (Wildman–Crippen LogP) is 3.81. The van der Waals surface area contributed by atoms with E-state index in [9.17, 15) is 4.79 Å². The molecule has 1 atom stereocenters. The monoisotopic (exact) mass is 367 g/mol. The zero-order valence-electron chi connectivity index (χ0n) is 15.8. The van der Waals surface area contributed by atoms with Crippen molar-refractivity contribution in [1.29, 1.82) is 0 Å². The van der Waals surface area contributed by atoms with Crippen molar-refractivity contribution < 1.29 is 19.0 Å². The molecule has 0 radical (unpaired) electrons. The van der Waals surface area contributed by atoms with Crippen LogP contribution >= 0.6 is 0 Å². The minimum Gasteiger partial charge on any atom is -0.487 e. The molecule has 0 bridgehead atoms. The standard InChI is InChI=1S/C22H25NO4/c1-22(2)14-17(16-5-3-4-6-18(16)27-22)23-21(24)10-8-15-7-9-19-20(13-15)26-12-11-25-19/h3-7,9,13,17H,8,10-12,14H2,1-2H3,(H,23,24)/t17-/m1/s1. The Hall–Kier alpha value is -2.69.